The van der Waals surface area contributed by atoms with Crippen LogP contribution in [-0.4, -0.2) is 39.2 Å². The highest BCUT2D eigenvalue weighted by atomic mass is 16.6. The zero-order valence-electron chi connectivity index (χ0n) is 17.3. The van der Waals surface area contributed by atoms with E-state index in [2.05, 4.69) is 15.2 Å². The third kappa shape index (κ3) is 4.29. The molecule has 0 aliphatic carbocycles. The zero-order chi connectivity index (χ0) is 22.7. The van der Waals surface area contributed by atoms with Gasteiger partial charge < -0.3 is 18.9 Å². The quantitative estimate of drug-likeness (QED) is 0.338. The molecule has 1 unspecified atom stereocenters. The van der Waals surface area contributed by atoms with Crippen molar-refractivity contribution in [2.24, 2.45) is 0 Å². The van der Waals surface area contributed by atoms with E-state index in [1.807, 2.05) is 6.92 Å². The van der Waals surface area contributed by atoms with Gasteiger partial charge in [-0.15, -0.1) is 10.2 Å². The van der Waals surface area contributed by atoms with Crippen LogP contribution in [0.4, 0.5) is 5.69 Å². The number of benzene rings is 1. The Bertz CT molecular complexity index is 1130. The number of ether oxygens (including phenoxy) is 2. The molecule has 0 spiro atoms. The molecule has 1 N–H and O–H groups in total. The lowest BCUT2D eigenvalue weighted by Gasteiger charge is -2.09. The Morgan fingerprint density at radius 2 is 1.90 bits per heavy atom. The van der Waals surface area contributed by atoms with Crippen LogP contribution >= 0.6 is 0 Å². The van der Waals surface area contributed by atoms with Crippen LogP contribution in [0, 0.1) is 17.0 Å². The van der Waals surface area contributed by atoms with Crippen LogP contribution in [-0.2, 0) is 15.9 Å². The number of hydrogen-bond acceptors (Lipinski definition) is 9. The Balaban J connectivity index is 1.77. The second-order valence-electron chi connectivity index (χ2n) is 6.62. The Morgan fingerprint density at radius 1 is 1.23 bits per heavy atom. The van der Waals surface area contributed by atoms with E-state index in [4.69, 9.17) is 13.9 Å². The lowest BCUT2D eigenvalue weighted by Crippen LogP contribution is -2.11. The second-order valence-corrected chi connectivity index (χ2v) is 6.62. The number of esters is 2. The summed E-state index contributed by atoms with van der Waals surface area (Å²) in [5.41, 5.74) is 1.87. The predicted octanol–water partition coefficient (Wildman–Crippen LogP) is 3.55. The van der Waals surface area contributed by atoms with Crippen LogP contribution in [0.2, 0.25) is 0 Å². The molecule has 0 radical (unpaired) electrons. The second kappa shape index (κ2) is 8.78. The molecule has 3 aromatic rings. The van der Waals surface area contributed by atoms with Crippen molar-refractivity contribution in [3.05, 3.63) is 62.8 Å². The summed E-state index contributed by atoms with van der Waals surface area (Å²) < 4.78 is 15.8. The number of H-pyrrole nitrogens is 1. The minimum atomic E-state index is -0.874. The van der Waals surface area contributed by atoms with Gasteiger partial charge in [-0.1, -0.05) is 6.92 Å². The molecule has 0 aliphatic heterocycles. The maximum absolute atomic E-state index is 12.7. The largest absolute Gasteiger partial charge is 0.465 e. The van der Waals surface area contributed by atoms with E-state index in [-0.39, 0.29) is 23.2 Å². The molecule has 0 saturated carbocycles. The number of aryl methyl sites for hydroxylation is 1. The third-order valence-electron chi connectivity index (χ3n) is 4.67. The highest BCUT2D eigenvalue weighted by Gasteiger charge is 2.27. The fraction of sp³-hybridized carbons (Fsp3) is 0.300. The first kappa shape index (κ1) is 21.7. The molecule has 0 fully saturated rings. The predicted molar refractivity (Wildman–Crippen MR) is 106 cm³/mol. The van der Waals surface area contributed by atoms with Crippen molar-refractivity contribution in [3.63, 3.8) is 0 Å². The fourth-order valence-electron chi connectivity index (χ4n) is 3.02. The van der Waals surface area contributed by atoms with Crippen molar-refractivity contribution in [1.29, 1.82) is 0 Å². The summed E-state index contributed by atoms with van der Waals surface area (Å²) in [7, 11) is 1.27. The number of aromatic amines is 1. The van der Waals surface area contributed by atoms with Gasteiger partial charge in [-0.2, -0.15) is 0 Å². The fourth-order valence-corrected chi connectivity index (χ4v) is 3.02. The number of carbonyl (C=O) groups is 2. The maximum atomic E-state index is 12.7. The van der Waals surface area contributed by atoms with Gasteiger partial charge in [0.1, 0.15) is 5.69 Å². The molecule has 0 bridgehead atoms. The molecular formula is C20H20N4O7. The summed E-state index contributed by atoms with van der Waals surface area (Å²) in [5.74, 6) is -1.05. The summed E-state index contributed by atoms with van der Waals surface area (Å²) >= 11 is 0. The van der Waals surface area contributed by atoms with Crippen molar-refractivity contribution >= 4 is 17.6 Å². The molecule has 2 aromatic heterocycles. The average molecular weight is 428 g/mol. The monoisotopic (exact) mass is 428 g/mol. The van der Waals surface area contributed by atoms with E-state index >= 15 is 0 Å². The highest BCUT2D eigenvalue weighted by Crippen LogP contribution is 2.26. The van der Waals surface area contributed by atoms with E-state index in [0.29, 0.717) is 28.8 Å². The number of nitro benzene ring substituents is 1. The maximum Gasteiger partial charge on any atom is 0.355 e. The molecule has 2 heterocycles. The lowest BCUT2D eigenvalue weighted by molar-refractivity contribution is -0.384. The number of aromatic nitrogens is 3. The highest BCUT2D eigenvalue weighted by molar-refractivity contribution is 5.98. The summed E-state index contributed by atoms with van der Waals surface area (Å²) in [6.07, 6.45) is -0.378. The van der Waals surface area contributed by atoms with Crippen LogP contribution < -0.4 is 0 Å². The Labute approximate surface area is 176 Å². The minimum absolute atomic E-state index is 0.0508. The molecule has 1 aromatic carbocycles. The number of rotatable bonds is 7. The van der Waals surface area contributed by atoms with Gasteiger partial charge in [0.15, 0.2) is 6.10 Å². The normalized spacial score (nSPS) is 11.7. The number of carbonyl (C=O) groups excluding carboxylic acids is 2. The smallest absolute Gasteiger partial charge is 0.355 e. The number of nitrogens with zero attached hydrogens (tertiary/aromatic N) is 3. The van der Waals surface area contributed by atoms with Gasteiger partial charge in [-0.3, -0.25) is 10.1 Å². The molecule has 0 aliphatic rings. The molecular weight excluding hydrogens is 408 g/mol. The van der Waals surface area contributed by atoms with E-state index in [1.165, 1.54) is 31.4 Å². The first-order chi connectivity index (χ1) is 14.8. The van der Waals surface area contributed by atoms with Crippen molar-refractivity contribution < 1.29 is 28.4 Å². The first-order valence-electron chi connectivity index (χ1n) is 9.35. The van der Waals surface area contributed by atoms with Crippen molar-refractivity contribution in [2.45, 2.75) is 33.3 Å². The van der Waals surface area contributed by atoms with Crippen LogP contribution in [0.25, 0.3) is 11.5 Å². The van der Waals surface area contributed by atoms with Gasteiger partial charge in [-0.25, -0.2) is 9.59 Å². The van der Waals surface area contributed by atoms with Crippen molar-refractivity contribution in [2.75, 3.05) is 7.11 Å². The van der Waals surface area contributed by atoms with Crippen molar-refractivity contribution in [1.82, 2.24) is 15.2 Å². The Kier molecular flexibility index (Phi) is 6.14. The van der Waals surface area contributed by atoms with Gasteiger partial charge in [0.05, 0.1) is 17.6 Å². The number of methoxy groups -OCH3 is 1. The zero-order valence-corrected chi connectivity index (χ0v) is 17.3. The van der Waals surface area contributed by atoms with E-state index in [0.717, 1.165) is 0 Å². The van der Waals surface area contributed by atoms with Crippen LogP contribution in [0.3, 0.4) is 0 Å². The number of nitrogens with one attached hydrogen (secondary N) is 1. The third-order valence-corrected chi connectivity index (χ3v) is 4.67. The summed E-state index contributed by atoms with van der Waals surface area (Å²) in [6, 6.07) is 5.60. The molecule has 11 heteroatoms. The van der Waals surface area contributed by atoms with Gasteiger partial charge >= 0.3 is 11.9 Å². The molecule has 11 nitrogen and oxygen atoms in total. The molecule has 3 rings (SSSR count). The summed E-state index contributed by atoms with van der Waals surface area (Å²) in [6.45, 7) is 5.03. The Hall–Kier alpha value is -4.02. The molecule has 1 atom stereocenters. The molecule has 31 heavy (non-hydrogen) atoms. The van der Waals surface area contributed by atoms with Crippen LogP contribution in [0.5, 0.6) is 0 Å². The van der Waals surface area contributed by atoms with E-state index in [1.54, 1.807) is 13.8 Å². The van der Waals surface area contributed by atoms with Crippen LogP contribution in [0.15, 0.2) is 28.7 Å². The number of non-ortho nitro benzene ring substituents is 1. The van der Waals surface area contributed by atoms with Gasteiger partial charge in [0.25, 0.3) is 11.6 Å². The molecule has 0 amide bonds. The van der Waals surface area contributed by atoms with Gasteiger partial charge in [-0.05, 0) is 38.0 Å². The van der Waals surface area contributed by atoms with Gasteiger partial charge in [0.2, 0.25) is 5.89 Å². The van der Waals surface area contributed by atoms with Gasteiger partial charge in [0, 0.05) is 23.4 Å². The Morgan fingerprint density at radius 3 is 2.48 bits per heavy atom. The van der Waals surface area contributed by atoms with E-state index < -0.39 is 23.0 Å². The van der Waals surface area contributed by atoms with Crippen LogP contribution in [0.1, 0.15) is 57.9 Å². The first-order valence-corrected chi connectivity index (χ1v) is 9.35. The number of hydrogen-bond donors (Lipinski definition) is 1. The average Bonchev–Trinajstić information content (AvgIpc) is 3.38. The summed E-state index contributed by atoms with van der Waals surface area (Å²) in [4.78, 5) is 37.9. The lowest BCUT2D eigenvalue weighted by atomic mass is 10.1. The van der Waals surface area contributed by atoms with E-state index in [9.17, 15) is 19.7 Å². The SMILES string of the molecule is CCc1[nH]c(C(=O)OC(C)c2nnc(-c3ccc([N+](=O)[O-])cc3)o2)c(C)c1C(=O)OC. The topological polar surface area (TPSA) is 150 Å². The standard InChI is InChI=1S/C20H20N4O7/c1-5-14-15(19(25)29-4)10(2)16(21-14)20(26)30-11(3)17-22-23-18(31-17)12-6-8-13(9-7-12)24(27)28/h6-9,11,21H,5H2,1-4H3. The molecule has 162 valence electrons. The number of nitro groups is 1. The minimum Gasteiger partial charge on any atom is -0.465 e. The molecule has 0 saturated heterocycles. The summed E-state index contributed by atoms with van der Waals surface area (Å²) in [5, 5.41) is 18.5. The van der Waals surface area contributed by atoms with Crippen molar-refractivity contribution in [3.8, 4) is 11.5 Å².